The zero-order chi connectivity index (χ0) is 9.38. The molecule has 1 N–H and O–H groups in total. The van der Waals surface area contributed by atoms with Crippen molar-refractivity contribution in [3.63, 3.8) is 0 Å². The molecule has 0 atom stereocenters. The van der Waals surface area contributed by atoms with Crippen LogP contribution in [0, 0.1) is 0 Å². The number of aromatic nitrogens is 5. The van der Waals surface area contributed by atoms with Crippen LogP contribution in [-0.4, -0.2) is 25.0 Å². The largest absolute Gasteiger partial charge is 0.276 e. The van der Waals surface area contributed by atoms with E-state index in [4.69, 9.17) is 0 Å². The van der Waals surface area contributed by atoms with Crippen molar-refractivity contribution >= 4 is 10.9 Å². The minimum Gasteiger partial charge on any atom is -0.276 e. The molecule has 0 radical (unpaired) electrons. The highest BCUT2D eigenvalue weighted by Crippen LogP contribution is 2.17. The van der Waals surface area contributed by atoms with E-state index in [1.54, 1.807) is 17.2 Å². The van der Waals surface area contributed by atoms with Crippen LogP contribution in [-0.2, 0) is 0 Å². The molecule has 68 valence electrons. The maximum atomic E-state index is 4.20. The molecule has 0 bridgehead atoms. The number of rotatable bonds is 1. The summed E-state index contributed by atoms with van der Waals surface area (Å²) in [5.41, 5.74) is 1.01. The molecule has 0 saturated carbocycles. The van der Waals surface area contributed by atoms with Gasteiger partial charge in [-0.25, -0.2) is 0 Å². The standard InChI is InChI=1S/C9H7N5/c1-2-4-8-7(3-1)9(13-12-8)14-5-10-11-6-14/h1-6H,(H,12,13). The van der Waals surface area contributed by atoms with Crippen LogP contribution in [0.5, 0.6) is 0 Å². The Balaban J connectivity index is 2.33. The second-order valence-electron chi connectivity index (χ2n) is 2.96. The lowest BCUT2D eigenvalue weighted by atomic mass is 10.2. The highest BCUT2D eigenvalue weighted by Gasteiger charge is 2.05. The average molecular weight is 185 g/mol. The van der Waals surface area contributed by atoms with E-state index >= 15 is 0 Å². The van der Waals surface area contributed by atoms with Crippen molar-refractivity contribution in [1.29, 1.82) is 0 Å². The Kier molecular flexibility index (Phi) is 1.38. The number of fused-ring (bicyclic) bond motifs is 1. The number of aromatic amines is 1. The molecule has 3 rings (SSSR count). The quantitative estimate of drug-likeness (QED) is 0.618. The molecule has 14 heavy (non-hydrogen) atoms. The number of H-pyrrole nitrogens is 1. The van der Waals surface area contributed by atoms with E-state index in [9.17, 15) is 0 Å². The molecule has 5 nitrogen and oxygen atoms in total. The van der Waals surface area contributed by atoms with E-state index in [1.165, 1.54) is 0 Å². The SMILES string of the molecule is c1ccc2c(-n3cnnc3)n[nH]c2c1. The molecule has 0 aliphatic carbocycles. The average Bonchev–Trinajstić information content (AvgIpc) is 2.85. The summed E-state index contributed by atoms with van der Waals surface area (Å²) < 4.78 is 1.78. The predicted octanol–water partition coefficient (Wildman–Crippen LogP) is 1.14. The molecule has 0 fully saturated rings. The highest BCUT2D eigenvalue weighted by molar-refractivity contribution is 5.85. The molecular formula is C9H7N5. The van der Waals surface area contributed by atoms with Crippen molar-refractivity contribution in [2.45, 2.75) is 0 Å². The Morgan fingerprint density at radius 1 is 1.07 bits per heavy atom. The maximum absolute atomic E-state index is 4.20. The van der Waals surface area contributed by atoms with Crippen molar-refractivity contribution in [1.82, 2.24) is 25.0 Å². The van der Waals surface area contributed by atoms with Crippen LogP contribution in [0.15, 0.2) is 36.9 Å². The van der Waals surface area contributed by atoms with Crippen molar-refractivity contribution in [3.05, 3.63) is 36.9 Å². The molecule has 0 amide bonds. The van der Waals surface area contributed by atoms with E-state index in [-0.39, 0.29) is 0 Å². The van der Waals surface area contributed by atoms with Gasteiger partial charge in [0.05, 0.1) is 5.52 Å². The van der Waals surface area contributed by atoms with E-state index in [2.05, 4.69) is 20.4 Å². The lowest BCUT2D eigenvalue weighted by Gasteiger charge is -1.94. The monoisotopic (exact) mass is 185 g/mol. The van der Waals surface area contributed by atoms with Gasteiger partial charge in [-0.1, -0.05) is 12.1 Å². The molecule has 3 aromatic rings. The summed E-state index contributed by atoms with van der Waals surface area (Å²) in [7, 11) is 0. The summed E-state index contributed by atoms with van der Waals surface area (Å²) >= 11 is 0. The first-order valence-corrected chi connectivity index (χ1v) is 4.23. The van der Waals surface area contributed by atoms with Crippen molar-refractivity contribution in [2.24, 2.45) is 0 Å². The predicted molar refractivity (Wildman–Crippen MR) is 51.0 cm³/mol. The van der Waals surface area contributed by atoms with Crippen LogP contribution in [0.3, 0.4) is 0 Å². The van der Waals surface area contributed by atoms with Gasteiger partial charge < -0.3 is 0 Å². The number of hydrogen-bond acceptors (Lipinski definition) is 3. The van der Waals surface area contributed by atoms with Crippen molar-refractivity contribution in [2.75, 3.05) is 0 Å². The van der Waals surface area contributed by atoms with Crippen LogP contribution < -0.4 is 0 Å². The summed E-state index contributed by atoms with van der Waals surface area (Å²) in [4.78, 5) is 0. The normalized spacial score (nSPS) is 10.9. The minimum absolute atomic E-state index is 0.825. The lowest BCUT2D eigenvalue weighted by Crippen LogP contribution is -1.90. The van der Waals surface area contributed by atoms with Crippen LogP contribution in [0.25, 0.3) is 16.7 Å². The van der Waals surface area contributed by atoms with Gasteiger partial charge in [0, 0.05) is 5.39 Å². The van der Waals surface area contributed by atoms with E-state index in [0.717, 1.165) is 16.7 Å². The topological polar surface area (TPSA) is 59.4 Å². The minimum atomic E-state index is 0.825. The Morgan fingerprint density at radius 3 is 2.71 bits per heavy atom. The molecular weight excluding hydrogens is 178 g/mol. The number of nitrogens with zero attached hydrogens (tertiary/aromatic N) is 4. The van der Waals surface area contributed by atoms with Gasteiger partial charge in [-0.2, -0.15) is 5.10 Å². The van der Waals surface area contributed by atoms with E-state index in [1.807, 2.05) is 24.3 Å². The van der Waals surface area contributed by atoms with Crippen LogP contribution >= 0.6 is 0 Å². The first kappa shape index (κ1) is 7.25. The molecule has 0 spiro atoms. The molecule has 5 heteroatoms. The van der Waals surface area contributed by atoms with Crippen molar-refractivity contribution in [3.8, 4) is 5.82 Å². The third kappa shape index (κ3) is 0.922. The Hall–Kier alpha value is -2.17. The van der Waals surface area contributed by atoms with Gasteiger partial charge in [0.2, 0.25) is 0 Å². The summed E-state index contributed by atoms with van der Waals surface area (Å²) in [5, 5.41) is 15.7. The summed E-state index contributed by atoms with van der Waals surface area (Å²) in [6.07, 6.45) is 3.26. The smallest absolute Gasteiger partial charge is 0.168 e. The number of hydrogen-bond donors (Lipinski definition) is 1. The molecule has 0 aliphatic rings. The van der Waals surface area contributed by atoms with Gasteiger partial charge in [-0.05, 0) is 12.1 Å². The van der Waals surface area contributed by atoms with Gasteiger partial charge in [-0.15, -0.1) is 10.2 Å². The maximum Gasteiger partial charge on any atom is 0.168 e. The zero-order valence-corrected chi connectivity index (χ0v) is 7.25. The lowest BCUT2D eigenvalue weighted by molar-refractivity contribution is 0.964. The summed E-state index contributed by atoms with van der Waals surface area (Å²) in [5.74, 6) is 0.825. The van der Waals surface area contributed by atoms with Gasteiger partial charge in [0.25, 0.3) is 0 Å². The van der Waals surface area contributed by atoms with Crippen LogP contribution in [0.1, 0.15) is 0 Å². The van der Waals surface area contributed by atoms with Gasteiger partial charge in [0.15, 0.2) is 5.82 Å². The summed E-state index contributed by atoms with van der Waals surface area (Å²) in [6.45, 7) is 0. The second kappa shape index (κ2) is 2.66. The molecule has 2 heterocycles. The number of para-hydroxylation sites is 1. The van der Waals surface area contributed by atoms with E-state index in [0.29, 0.717) is 0 Å². The highest BCUT2D eigenvalue weighted by atomic mass is 15.3. The third-order valence-electron chi connectivity index (χ3n) is 2.11. The summed E-state index contributed by atoms with van der Waals surface area (Å²) in [6, 6.07) is 7.94. The van der Waals surface area contributed by atoms with E-state index < -0.39 is 0 Å². The fraction of sp³-hybridized carbons (Fsp3) is 0. The third-order valence-corrected chi connectivity index (χ3v) is 2.11. The number of nitrogens with one attached hydrogen (secondary N) is 1. The molecule has 1 aromatic carbocycles. The van der Waals surface area contributed by atoms with Gasteiger partial charge in [0.1, 0.15) is 12.7 Å². The van der Waals surface area contributed by atoms with Crippen molar-refractivity contribution < 1.29 is 0 Å². The zero-order valence-electron chi connectivity index (χ0n) is 7.25. The first-order chi connectivity index (χ1) is 6.95. The Bertz CT molecular complexity index is 551. The Morgan fingerprint density at radius 2 is 1.86 bits per heavy atom. The Labute approximate surface area is 79.4 Å². The second-order valence-corrected chi connectivity index (χ2v) is 2.96. The molecule has 0 saturated heterocycles. The first-order valence-electron chi connectivity index (χ1n) is 4.23. The van der Waals surface area contributed by atoms with Gasteiger partial charge in [-0.3, -0.25) is 9.67 Å². The fourth-order valence-electron chi connectivity index (χ4n) is 1.46. The van der Waals surface area contributed by atoms with Crippen LogP contribution in [0.2, 0.25) is 0 Å². The van der Waals surface area contributed by atoms with Crippen LogP contribution in [0.4, 0.5) is 0 Å². The number of benzene rings is 1. The fourth-order valence-corrected chi connectivity index (χ4v) is 1.46. The molecule has 0 aliphatic heterocycles. The van der Waals surface area contributed by atoms with Gasteiger partial charge >= 0.3 is 0 Å². The molecule has 2 aromatic heterocycles. The molecule has 0 unspecified atom stereocenters.